The van der Waals surface area contributed by atoms with Crippen LogP contribution in [0.25, 0.3) is 10.9 Å². The fourth-order valence-corrected chi connectivity index (χ4v) is 4.89. The van der Waals surface area contributed by atoms with Crippen LogP contribution in [0.3, 0.4) is 0 Å². The number of anilines is 1. The van der Waals surface area contributed by atoms with Gasteiger partial charge in [0, 0.05) is 33.8 Å². The van der Waals surface area contributed by atoms with Crippen molar-refractivity contribution >= 4 is 32.5 Å². The first kappa shape index (κ1) is 20.7. The molecule has 2 aliphatic rings. The normalized spacial score (nSPS) is 23.3. The summed E-state index contributed by atoms with van der Waals surface area (Å²) in [5.41, 5.74) is -1.24. The number of aromatic nitrogens is 1. The molecule has 10 heteroatoms. The van der Waals surface area contributed by atoms with Crippen LogP contribution in [0.4, 0.5) is 32.0 Å². The minimum absolute atomic E-state index is 0.109. The lowest BCUT2D eigenvalue weighted by molar-refractivity contribution is -0.143. The standard InChI is InChI=1S/C21H15BrF6N2O/c22-13-2-1-10-5-17-18(15-3-4-31-19(15)30(17)16(10)9-13)29-14-7-11(20(23,24)25)6-12(8-14)21(26,27)28/h1-2,5-9,15,18-19,29H,3-4H2/t15-,18+,19-/m0/s1. The Kier molecular flexibility index (Phi) is 4.60. The van der Waals surface area contributed by atoms with Crippen LogP contribution in [0.2, 0.25) is 0 Å². The molecule has 0 unspecified atom stereocenters. The second-order valence-corrected chi connectivity index (χ2v) is 8.69. The van der Waals surface area contributed by atoms with Gasteiger partial charge in [-0.1, -0.05) is 22.0 Å². The summed E-state index contributed by atoms with van der Waals surface area (Å²) in [7, 11) is 0. The lowest BCUT2D eigenvalue weighted by Crippen LogP contribution is -2.18. The van der Waals surface area contributed by atoms with E-state index < -0.39 is 29.5 Å². The van der Waals surface area contributed by atoms with Crippen molar-refractivity contribution in [2.45, 2.75) is 31.0 Å². The third kappa shape index (κ3) is 3.49. The van der Waals surface area contributed by atoms with Gasteiger partial charge in [-0.25, -0.2) is 0 Å². The summed E-state index contributed by atoms with van der Waals surface area (Å²) >= 11 is 3.44. The van der Waals surface area contributed by atoms with Gasteiger partial charge in [-0.2, -0.15) is 26.3 Å². The Bertz CT molecular complexity index is 1140. The lowest BCUT2D eigenvalue weighted by atomic mass is 9.96. The molecule has 0 spiro atoms. The number of benzene rings is 2. The fourth-order valence-electron chi connectivity index (χ4n) is 4.55. The highest BCUT2D eigenvalue weighted by molar-refractivity contribution is 9.10. The second-order valence-electron chi connectivity index (χ2n) is 7.77. The summed E-state index contributed by atoms with van der Waals surface area (Å²) in [5, 5.41) is 3.87. The van der Waals surface area contributed by atoms with Gasteiger partial charge < -0.3 is 14.6 Å². The van der Waals surface area contributed by atoms with Crippen molar-refractivity contribution in [2.24, 2.45) is 5.92 Å². The number of rotatable bonds is 2. The van der Waals surface area contributed by atoms with E-state index in [0.29, 0.717) is 13.0 Å². The molecule has 31 heavy (non-hydrogen) atoms. The van der Waals surface area contributed by atoms with Crippen LogP contribution in [0.15, 0.2) is 46.9 Å². The molecule has 3 atom stereocenters. The summed E-state index contributed by atoms with van der Waals surface area (Å²) in [4.78, 5) is 0. The number of fused-ring (bicyclic) bond motifs is 5. The van der Waals surface area contributed by atoms with E-state index in [0.717, 1.165) is 33.2 Å². The van der Waals surface area contributed by atoms with Crippen LogP contribution in [0.1, 0.15) is 35.5 Å². The van der Waals surface area contributed by atoms with Gasteiger partial charge in [0.2, 0.25) is 0 Å². The lowest BCUT2D eigenvalue weighted by Gasteiger charge is -2.22. The van der Waals surface area contributed by atoms with E-state index in [2.05, 4.69) is 21.2 Å². The molecule has 0 radical (unpaired) electrons. The third-order valence-electron chi connectivity index (χ3n) is 5.85. The third-order valence-corrected chi connectivity index (χ3v) is 6.34. The highest BCUT2D eigenvalue weighted by Gasteiger charge is 2.46. The number of hydrogen-bond donors (Lipinski definition) is 1. The zero-order chi connectivity index (χ0) is 22.1. The van der Waals surface area contributed by atoms with Crippen molar-refractivity contribution in [1.29, 1.82) is 0 Å². The van der Waals surface area contributed by atoms with E-state index in [1.807, 2.05) is 28.8 Å². The van der Waals surface area contributed by atoms with Crippen LogP contribution in [-0.2, 0) is 17.1 Å². The van der Waals surface area contributed by atoms with Crippen LogP contribution in [-0.4, -0.2) is 11.2 Å². The highest BCUT2D eigenvalue weighted by atomic mass is 79.9. The highest BCUT2D eigenvalue weighted by Crippen LogP contribution is 2.51. The molecule has 2 aromatic carbocycles. The smallest absolute Gasteiger partial charge is 0.376 e. The minimum atomic E-state index is -4.90. The zero-order valence-electron chi connectivity index (χ0n) is 15.7. The average molecular weight is 505 g/mol. The first-order valence-corrected chi connectivity index (χ1v) is 10.3. The van der Waals surface area contributed by atoms with E-state index in [1.54, 1.807) is 0 Å². The average Bonchev–Trinajstić information content (AvgIpc) is 3.33. The Hall–Kier alpha value is -2.20. The van der Waals surface area contributed by atoms with Gasteiger partial charge in [0.1, 0.15) is 6.23 Å². The molecule has 3 heterocycles. The van der Waals surface area contributed by atoms with Gasteiger partial charge in [-0.15, -0.1) is 0 Å². The molecule has 0 saturated carbocycles. The number of nitrogens with one attached hydrogen (secondary N) is 1. The molecule has 1 saturated heterocycles. The van der Waals surface area contributed by atoms with E-state index in [4.69, 9.17) is 4.74 Å². The predicted molar refractivity (Wildman–Crippen MR) is 106 cm³/mol. The number of halogens is 7. The van der Waals surface area contributed by atoms with Gasteiger partial charge in [-0.3, -0.25) is 0 Å². The second kappa shape index (κ2) is 6.90. The first-order chi connectivity index (χ1) is 14.5. The molecule has 0 amide bonds. The summed E-state index contributed by atoms with van der Waals surface area (Å²) < 4.78 is 88.3. The monoisotopic (exact) mass is 504 g/mol. The molecule has 1 N–H and O–H groups in total. The molecule has 0 bridgehead atoms. The van der Waals surface area contributed by atoms with Gasteiger partial charge in [0.15, 0.2) is 0 Å². The van der Waals surface area contributed by atoms with Gasteiger partial charge in [0.05, 0.1) is 22.7 Å². The quantitative estimate of drug-likeness (QED) is 0.375. The van der Waals surface area contributed by atoms with E-state index in [1.165, 1.54) is 0 Å². The Labute approximate surface area is 181 Å². The van der Waals surface area contributed by atoms with Crippen molar-refractivity contribution in [1.82, 2.24) is 4.57 Å². The van der Waals surface area contributed by atoms with Crippen LogP contribution in [0.5, 0.6) is 0 Å². The minimum Gasteiger partial charge on any atom is -0.376 e. The Morgan fingerprint density at radius 3 is 2.26 bits per heavy atom. The molecule has 164 valence electrons. The zero-order valence-corrected chi connectivity index (χ0v) is 17.3. The molecule has 0 aliphatic carbocycles. The number of nitrogens with zero attached hydrogens (tertiary/aromatic N) is 1. The molecule has 3 nitrogen and oxygen atoms in total. The molecule has 2 aliphatic heterocycles. The van der Waals surface area contributed by atoms with Gasteiger partial charge in [0.25, 0.3) is 0 Å². The van der Waals surface area contributed by atoms with Crippen molar-refractivity contribution in [3.8, 4) is 0 Å². The van der Waals surface area contributed by atoms with Crippen molar-refractivity contribution < 1.29 is 31.1 Å². The number of hydrogen-bond acceptors (Lipinski definition) is 2. The largest absolute Gasteiger partial charge is 0.416 e. The summed E-state index contributed by atoms with van der Waals surface area (Å²) in [6, 6.07) is 8.70. The van der Waals surface area contributed by atoms with Crippen LogP contribution >= 0.6 is 15.9 Å². The summed E-state index contributed by atoms with van der Waals surface area (Å²) in [6.45, 7) is 0.469. The van der Waals surface area contributed by atoms with E-state index in [-0.39, 0.29) is 23.9 Å². The maximum Gasteiger partial charge on any atom is 0.416 e. The molecular weight excluding hydrogens is 490 g/mol. The Morgan fingerprint density at radius 2 is 1.61 bits per heavy atom. The molecule has 1 fully saturated rings. The molecular formula is C21H15BrF6N2O. The van der Waals surface area contributed by atoms with E-state index >= 15 is 0 Å². The van der Waals surface area contributed by atoms with Gasteiger partial charge in [-0.05, 0) is 42.8 Å². The van der Waals surface area contributed by atoms with Gasteiger partial charge >= 0.3 is 12.4 Å². The van der Waals surface area contributed by atoms with E-state index in [9.17, 15) is 26.3 Å². The number of ether oxygens (including phenoxy) is 1. The maximum absolute atomic E-state index is 13.3. The summed E-state index contributed by atoms with van der Waals surface area (Å²) in [6.07, 6.45) is -9.47. The van der Waals surface area contributed by atoms with Crippen molar-refractivity contribution in [3.05, 3.63) is 63.8 Å². The van der Waals surface area contributed by atoms with Crippen LogP contribution < -0.4 is 5.32 Å². The molecule has 5 rings (SSSR count). The molecule has 1 aromatic heterocycles. The fraction of sp³-hybridized carbons (Fsp3) is 0.333. The molecule has 3 aromatic rings. The van der Waals surface area contributed by atoms with Crippen molar-refractivity contribution in [2.75, 3.05) is 11.9 Å². The first-order valence-electron chi connectivity index (χ1n) is 9.50. The topological polar surface area (TPSA) is 26.2 Å². The number of alkyl halides is 6. The predicted octanol–water partition coefficient (Wildman–Crippen LogP) is 7.14. The Balaban J connectivity index is 1.60. The Morgan fingerprint density at radius 1 is 0.935 bits per heavy atom. The SMILES string of the molecule is FC(F)(F)c1cc(N[C@H]2c3cc4ccc(Br)cc4n3[C@H]3OCC[C@@H]23)cc(C(F)(F)F)c1. The van der Waals surface area contributed by atoms with Crippen LogP contribution in [0, 0.1) is 5.92 Å². The van der Waals surface area contributed by atoms with Crippen molar-refractivity contribution in [3.63, 3.8) is 0 Å². The maximum atomic E-state index is 13.3. The summed E-state index contributed by atoms with van der Waals surface area (Å²) in [5.74, 6) is -0.109.